The fourth-order valence-electron chi connectivity index (χ4n) is 0.887. The summed E-state index contributed by atoms with van der Waals surface area (Å²) in [4.78, 5) is 10.9. The lowest BCUT2D eigenvalue weighted by atomic mass is 10.3. The van der Waals surface area contributed by atoms with E-state index in [1.165, 1.54) is 6.07 Å². The highest BCUT2D eigenvalue weighted by Gasteiger charge is 2.07. The van der Waals surface area contributed by atoms with Crippen LogP contribution in [0.3, 0.4) is 0 Å². The molecule has 0 aromatic carbocycles. The van der Waals surface area contributed by atoms with Crippen molar-refractivity contribution >= 4 is 5.97 Å². The molecule has 0 N–H and O–H groups in total. The highest BCUT2D eigenvalue weighted by molar-refractivity contribution is 5.71. The third kappa shape index (κ3) is 2.64. The van der Waals surface area contributed by atoms with E-state index in [0.29, 0.717) is 12.4 Å². The molecule has 1 aromatic heterocycles. The van der Waals surface area contributed by atoms with Crippen molar-refractivity contribution in [2.75, 3.05) is 6.61 Å². The van der Waals surface area contributed by atoms with Crippen molar-refractivity contribution < 1.29 is 13.9 Å². The number of hydrogen-bond acceptors (Lipinski definition) is 4. The van der Waals surface area contributed by atoms with Gasteiger partial charge in [-0.2, -0.15) is 5.26 Å². The smallest absolute Gasteiger partial charge is 0.313 e. The molecule has 1 rings (SSSR count). The molecule has 4 heteroatoms. The maximum Gasteiger partial charge on any atom is 0.313 e. The molecule has 0 amide bonds. The number of furan rings is 1. The second-order valence-electron chi connectivity index (χ2n) is 2.36. The minimum absolute atomic E-state index is 0.0789. The standard InChI is InChI=1S/C9H9NO3/c1-2-12-9(11)5-7-3-4-8(6-10)13-7/h3-4H,2,5H2,1H3. The molecule has 0 aliphatic carbocycles. The van der Waals surface area contributed by atoms with Crippen molar-refractivity contribution in [3.05, 3.63) is 23.7 Å². The van der Waals surface area contributed by atoms with Gasteiger partial charge in [-0.05, 0) is 19.1 Å². The SMILES string of the molecule is CCOC(=O)Cc1ccc(C#N)o1. The molecule has 0 aliphatic heterocycles. The van der Waals surface area contributed by atoms with Crippen LogP contribution in [0.5, 0.6) is 0 Å². The number of nitriles is 1. The van der Waals surface area contributed by atoms with Crippen LogP contribution < -0.4 is 0 Å². The first-order chi connectivity index (χ1) is 6.26. The molecular weight excluding hydrogens is 170 g/mol. The number of rotatable bonds is 3. The summed E-state index contributed by atoms with van der Waals surface area (Å²) in [6.07, 6.45) is 0.0789. The lowest BCUT2D eigenvalue weighted by Crippen LogP contribution is -2.06. The first-order valence-electron chi connectivity index (χ1n) is 3.90. The third-order valence-electron chi connectivity index (χ3n) is 1.40. The van der Waals surface area contributed by atoms with Gasteiger partial charge in [0, 0.05) is 0 Å². The Hall–Kier alpha value is -1.76. The van der Waals surface area contributed by atoms with Crippen LogP contribution in [0, 0.1) is 11.3 Å². The van der Waals surface area contributed by atoms with Gasteiger partial charge in [0.15, 0.2) is 0 Å². The Morgan fingerprint density at radius 3 is 3.00 bits per heavy atom. The lowest BCUT2D eigenvalue weighted by Gasteiger charge is -1.97. The quantitative estimate of drug-likeness (QED) is 0.655. The first-order valence-corrected chi connectivity index (χ1v) is 3.90. The molecule has 0 unspecified atom stereocenters. The molecule has 4 nitrogen and oxygen atoms in total. The summed E-state index contributed by atoms with van der Waals surface area (Å²) in [5, 5.41) is 8.43. The van der Waals surface area contributed by atoms with E-state index in [1.54, 1.807) is 13.0 Å². The molecule has 13 heavy (non-hydrogen) atoms. The van der Waals surface area contributed by atoms with Crippen LogP contribution in [0.2, 0.25) is 0 Å². The molecule has 1 aromatic rings. The van der Waals surface area contributed by atoms with Gasteiger partial charge < -0.3 is 9.15 Å². The van der Waals surface area contributed by atoms with Crippen molar-refractivity contribution in [1.82, 2.24) is 0 Å². The summed E-state index contributed by atoms with van der Waals surface area (Å²) in [7, 11) is 0. The Labute approximate surface area is 75.7 Å². The maximum atomic E-state index is 10.9. The number of carbonyl (C=O) groups is 1. The summed E-state index contributed by atoms with van der Waals surface area (Å²) >= 11 is 0. The zero-order valence-electron chi connectivity index (χ0n) is 7.24. The maximum absolute atomic E-state index is 10.9. The molecule has 0 fully saturated rings. The number of esters is 1. The predicted molar refractivity (Wildman–Crippen MR) is 43.8 cm³/mol. The van der Waals surface area contributed by atoms with Crippen molar-refractivity contribution in [3.63, 3.8) is 0 Å². The molecule has 68 valence electrons. The van der Waals surface area contributed by atoms with E-state index in [9.17, 15) is 4.79 Å². The van der Waals surface area contributed by atoms with Crippen molar-refractivity contribution in [2.45, 2.75) is 13.3 Å². The van der Waals surface area contributed by atoms with Gasteiger partial charge >= 0.3 is 5.97 Å². The molecule has 1 heterocycles. The minimum atomic E-state index is -0.346. The highest BCUT2D eigenvalue weighted by Crippen LogP contribution is 2.07. The Morgan fingerprint density at radius 1 is 1.69 bits per heavy atom. The molecule has 0 saturated carbocycles. The van der Waals surface area contributed by atoms with Crippen LogP contribution in [-0.4, -0.2) is 12.6 Å². The minimum Gasteiger partial charge on any atom is -0.466 e. The van der Waals surface area contributed by atoms with E-state index < -0.39 is 0 Å². The topological polar surface area (TPSA) is 63.2 Å². The van der Waals surface area contributed by atoms with Crippen molar-refractivity contribution in [3.8, 4) is 6.07 Å². The summed E-state index contributed by atoms with van der Waals surface area (Å²) in [5.41, 5.74) is 0. The largest absolute Gasteiger partial charge is 0.466 e. The molecule has 0 radical (unpaired) electrons. The van der Waals surface area contributed by atoms with Crippen LogP contribution in [-0.2, 0) is 16.0 Å². The van der Waals surface area contributed by atoms with E-state index in [1.807, 2.05) is 6.07 Å². The zero-order chi connectivity index (χ0) is 9.68. The van der Waals surface area contributed by atoms with E-state index in [-0.39, 0.29) is 18.2 Å². The van der Waals surface area contributed by atoms with Gasteiger partial charge in [-0.15, -0.1) is 0 Å². The van der Waals surface area contributed by atoms with Gasteiger partial charge in [0.2, 0.25) is 5.76 Å². The summed E-state index contributed by atoms with van der Waals surface area (Å²) in [5.74, 6) is 0.315. The van der Waals surface area contributed by atoms with Crippen LogP contribution in [0.1, 0.15) is 18.4 Å². The Kier molecular flexibility index (Phi) is 3.09. The van der Waals surface area contributed by atoms with Gasteiger partial charge in [-0.3, -0.25) is 4.79 Å². The van der Waals surface area contributed by atoms with E-state index >= 15 is 0 Å². The van der Waals surface area contributed by atoms with Gasteiger partial charge in [0.25, 0.3) is 0 Å². The lowest BCUT2D eigenvalue weighted by molar-refractivity contribution is -0.142. The second kappa shape index (κ2) is 4.31. The first kappa shape index (κ1) is 9.33. The van der Waals surface area contributed by atoms with E-state index in [2.05, 4.69) is 0 Å². The van der Waals surface area contributed by atoms with E-state index in [0.717, 1.165) is 0 Å². The molecule has 0 atom stereocenters. The molecular formula is C9H9NO3. The van der Waals surface area contributed by atoms with Crippen LogP contribution in [0.25, 0.3) is 0 Å². The van der Waals surface area contributed by atoms with Gasteiger partial charge in [-0.1, -0.05) is 0 Å². The highest BCUT2D eigenvalue weighted by atomic mass is 16.5. The summed E-state index contributed by atoms with van der Waals surface area (Å²) in [6, 6.07) is 4.95. The second-order valence-corrected chi connectivity index (χ2v) is 2.36. The van der Waals surface area contributed by atoms with Gasteiger partial charge in [0.1, 0.15) is 18.3 Å². The number of hydrogen-bond donors (Lipinski definition) is 0. The molecule has 0 bridgehead atoms. The van der Waals surface area contributed by atoms with Crippen molar-refractivity contribution in [2.24, 2.45) is 0 Å². The number of nitrogens with zero attached hydrogens (tertiary/aromatic N) is 1. The van der Waals surface area contributed by atoms with Gasteiger partial charge in [0.05, 0.1) is 6.61 Å². The number of ether oxygens (including phenoxy) is 1. The van der Waals surface area contributed by atoms with Crippen molar-refractivity contribution in [1.29, 1.82) is 5.26 Å². The Morgan fingerprint density at radius 2 is 2.46 bits per heavy atom. The average molecular weight is 179 g/mol. The normalized spacial score (nSPS) is 9.23. The Bertz CT molecular complexity index is 335. The summed E-state index contributed by atoms with van der Waals surface area (Å²) < 4.78 is 9.69. The average Bonchev–Trinajstić information content (AvgIpc) is 2.52. The zero-order valence-corrected chi connectivity index (χ0v) is 7.24. The predicted octanol–water partition coefficient (Wildman–Crippen LogP) is 1.26. The molecule has 0 saturated heterocycles. The Balaban J connectivity index is 2.55. The van der Waals surface area contributed by atoms with Crippen LogP contribution in [0.4, 0.5) is 0 Å². The number of carbonyl (C=O) groups excluding carboxylic acids is 1. The molecule has 0 aliphatic rings. The van der Waals surface area contributed by atoms with Crippen LogP contribution in [0.15, 0.2) is 16.5 Å². The fourth-order valence-corrected chi connectivity index (χ4v) is 0.887. The fraction of sp³-hybridized carbons (Fsp3) is 0.333. The van der Waals surface area contributed by atoms with E-state index in [4.69, 9.17) is 14.4 Å². The third-order valence-corrected chi connectivity index (χ3v) is 1.40. The monoisotopic (exact) mass is 179 g/mol. The van der Waals surface area contributed by atoms with Gasteiger partial charge in [-0.25, -0.2) is 0 Å². The van der Waals surface area contributed by atoms with Crippen LogP contribution >= 0.6 is 0 Å². The molecule has 0 spiro atoms. The summed E-state index contributed by atoms with van der Waals surface area (Å²) in [6.45, 7) is 2.09.